The number of hydrogen-bond acceptors (Lipinski definition) is 5. The van der Waals surface area contributed by atoms with E-state index in [9.17, 15) is 4.79 Å². The van der Waals surface area contributed by atoms with Gasteiger partial charge in [-0.25, -0.2) is 0 Å². The van der Waals surface area contributed by atoms with Crippen molar-refractivity contribution in [2.45, 2.75) is 20.4 Å². The molecule has 0 aliphatic heterocycles. The number of fused-ring (bicyclic) bond motifs is 1. The van der Waals surface area contributed by atoms with Crippen LogP contribution < -0.4 is 5.32 Å². The summed E-state index contributed by atoms with van der Waals surface area (Å²) in [5.41, 5.74) is 5.83. The van der Waals surface area contributed by atoms with Crippen molar-refractivity contribution in [1.82, 2.24) is 25.1 Å². The van der Waals surface area contributed by atoms with Gasteiger partial charge in [0.25, 0.3) is 5.91 Å². The van der Waals surface area contributed by atoms with Gasteiger partial charge in [0, 0.05) is 11.1 Å². The Morgan fingerprint density at radius 1 is 1.03 bits per heavy atom. The van der Waals surface area contributed by atoms with Crippen LogP contribution in [0.1, 0.15) is 32.9 Å². The van der Waals surface area contributed by atoms with Crippen LogP contribution in [-0.2, 0) is 6.54 Å². The maximum Gasteiger partial charge on any atom is 0.251 e. The zero-order chi connectivity index (χ0) is 20.4. The number of nitriles is 1. The Balaban J connectivity index is 1.56. The summed E-state index contributed by atoms with van der Waals surface area (Å²) < 4.78 is 1.64. The van der Waals surface area contributed by atoms with E-state index >= 15 is 0 Å². The van der Waals surface area contributed by atoms with Crippen molar-refractivity contribution in [3.8, 4) is 17.3 Å². The van der Waals surface area contributed by atoms with Crippen molar-refractivity contribution in [3.05, 3.63) is 82.7 Å². The molecule has 0 fully saturated rings. The van der Waals surface area contributed by atoms with Crippen LogP contribution in [0.3, 0.4) is 0 Å². The molecular formula is C22H18N6O. The highest BCUT2D eigenvalue weighted by Crippen LogP contribution is 2.20. The first-order chi connectivity index (χ1) is 14.0. The Hall–Kier alpha value is -4.05. The average Bonchev–Trinajstić information content (AvgIpc) is 3.16. The lowest BCUT2D eigenvalue weighted by Gasteiger charge is -2.07. The number of carbonyl (C=O) groups is 1. The number of aromatic nitrogens is 4. The SMILES string of the molecule is Cc1ccc(-c2ccc3nnc(CNC(=O)c4ccc(C#N)cc4)n3n2)cc1C. The van der Waals surface area contributed by atoms with Gasteiger partial charge in [-0.2, -0.15) is 14.9 Å². The Bertz CT molecular complexity index is 1250. The molecule has 7 heteroatoms. The molecule has 4 rings (SSSR count). The minimum absolute atomic E-state index is 0.184. The third-order valence-corrected chi connectivity index (χ3v) is 4.81. The lowest BCUT2D eigenvalue weighted by atomic mass is 10.0. The monoisotopic (exact) mass is 382 g/mol. The highest BCUT2D eigenvalue weighted by molar-refractivity contribution is 5.94. The molecule has 0 spiro atoms. The second kappa shape index (κ2) is 7.52. The highest BCUT2D eigenvalue weighted by Gasteiger charge is 2.12. The smallest absolute Gasteiger partial charge is 0.251 e. The standard InChI is InChI=1S/C22H18N6O/c1-14-3-6-18(11-15(14)2)19-9-10-20-25-26-21(28(20)27-19)13-24-22(29)17-7-4-16(12-23)5-8-17/h3-11H,13H2,1-2H3,(H,24,29). The minimum Gasteiger partial charge on any atom is -0.345 e. The summed E-state index contributed by atoms with van der Waals surface area (Å²) in [6.07, 6.45) is 0. The van der Waals surface area contributed by atoms with Crippen LogP contribution in [0.2, 0.25) is 0 Å². The van der Waals surface area contributed by atoms with E-state index in [0.717, 1.165) is 11.3 Å². The Labute approximate surface area is 167 Å². The Morgan fingerprint density at radius 3 is 2.55 bits per heavy atom. The summed E-state index contributed by atoms with van der Waals surface area (Å²) in [6, 6.07) is 18.5. The van der Waals surface area contributed by atoms with E-state index in [1.54, 1.807) is 28.8 Å². The molecule has 0 saturated carbocycles. The Morgan fingerprint density at radius 2 is 1.83 bits per heavy atom. The molecule has 0 aliphatic rings. The van der Waals surface area contributed by atoms with Gasteiger partial charge in [0.15, 0.2) is 11.5 Å². The van der Waals surface area contributed by atoms with Crippen molar-refractivity contribution < 1.29 is 4.79 Å². The summed E-state index contributed by atoms with van der Waals surface area (Å²) >= 11 is 0. The third-order valence-electron chi connectivity index (χ3n) is 4.81. The number of nitrogens with one attached hydrogen (secondary N) is 1. The molecule has 4 aromatic rings. The molecule has 0 saturated heterocycles. The summed E-state index contributed by atoms with van der Waals surface area (Å²) in [5.74, 6) is 0.282. The molecule has 2 aromatic carbocycles. The van der Waals surface area contributed by atoms with E-state index in [0.29, 0.717) is 22.6 Å². The number of amides is 1. The fourth-order valence-corrected chi connectivity index (χ4v) is 2.96. The molecule has 0 radical (unpaired) electrons. The van der Waals surface area contributed by atoms with E-state index in [-0.39, 0.29) is 12.5 Å². The number of nitrogens with zero attached hydrogens (tertiary/aromatic N) is 5. The number of rotatable bonds is 4. The van der Waals surface area contributed by atoms with Crippen molar-refractivity contribution in [3.63, 3.8) is 0 Å². The van der Waals surface area contributed by atoms with Gasteiger partial charge >= 0.3 is 0 Å². The van der Waals surface area contributed by atoms with Crippen LogP contribution in [0, 0.1) is 25.2 Å². The van der Waals surface area contributed by atoms with Crippen LogP contribution in [-0.4, -0.2) is 25.7 Å². The molecule has 0 atom stereocenters. The van der Waals surface area contributed by atoms with Crippen molar-refractivity contribution >= 4 is 11.6 Å². The van der Waals surface area contributed by atoms with E-state index in [2.05, 4.69) is 46.6 Å². The highest BCUT2D eigenvalue weighted by atomic mass is 16.1. The van der Waals surface area contributed by atoms with E-state index in [4.69, 9.17) is 5.26 Å². The van der Waals surface area contributed by atoms with E-state index in [1.807, 2.05) is 24.3 Å². The van der Waals surface area contributed by atoms with Gasteiger partial charge in [0.1, 0.15) is 0 Å². The third kappa shape index (κ3) is 3.69. The maximum absolute atomic E-state index is 12.4. The van der Waals surface area contributed by atoms with Crippen molar-refractivity contribution in [2.75, 3.05) is 0 Å². The summed E-state index contributed by atoms with van der Waals surface area (Å²) in [7, 11) is 0. The second-order valence-corrected chi connectivity index (χ2v) is 6.78. The molecule has 29 heavy (non-hydrogen) atoms. The van der Waals surface area contributed by atoms with Gasteiger partial charge < -0.3 is 5.32 Å². The van der Waals surface area contributed by atoms with Crippen LogP contribution in [0.25, 0.3) is 16.9 Å². The first-order valence-corrected chi connectivity index (χ1v) is 9.12. The van der Waals surface area contributed by atoms with Gasteiger partial charge in [-0.15, -0.1) is 10.2 Å². The van der Waals surface area contributed by atoms with Crippen LogP contribution in [0.15, 0.2) is 54.6 Å². The first-order valence-electron chi connectivity index (χ1n) is 9.12. The fraction of sp³-hybridized carbons (Fsp3) is 0.136. The van der Waals surface area contributed by atoms with Gasteiger partial charge in [-0.05, 0) is 67.4 Å². The molecule has 0 aliphatic carbocycles. The molecule has 142 valence electrons. The summed E-state index contributed by atoms with van der Waals surface area (Å²) in [4.78, 5) is 12.4. The molecule has 2 aromatic heterocycles. The quantitative estimate of drug-likeness (QED) is 0.585. The van der Waals surface area contributed by atoms with Crippen LogP contribution in [0.5, 0.6) is 0 Å². The second-order valence-electron chi connectivity index (χ2n) is 6.78. The van der Waals surface area contributed by atoms with Gasteiger partial charge in [-0.3, -0.25) is 4.79 Å². The topological polar surface area (TPSA) is 96.0 Å². The summed E-state index contributed by atoms with van der Waals surface area (Å²) in [6.45, 7) is 4.33. The predicted octanol–water partition coefficient (Wildman–Crippen LogP) is 3.21. The predicted molar refractivity (Wildman–Crippen MR) is 108 cm³/mol. The number of carbonyl (C=O) groups excluding carboxylic acids is 1. The zero-order valence-electron chi connectivity index (χ0n) is 16.0. The lowest BCUT2D eigenvalue weighted by molar-refractivity contribution is 0.0949. The fourth-order valence-electron chi connectivity index (χ4n) is 2.96. The number of benzene rings is 2. The maximum atomic E-state index is 12.4. The largest absolute Gasteiger partial charge is 0.345 e. The van der Waals surface area contributed by atoms with Crippen molar-refractivity contribution in [1.29, 1.82) is 5.26 Å². The molecule has 0 unspecified atom stereocenters. The van der Waals surface area contributed by atoms with Gasteiger partial charge in [0.2, 0.25) is 0 Å². The minimum atomic E-state index is -0.253. The molecular weight excluding hydrogens is 364 g/mol. The molecule has 0 bridgehead atoms. The Kier molecular flexibility index (Phi) is 4.75. The summed E-state index contributed by atoms with van der Waals surface area (Å²) in [5, 5.41) is 24.6. The molecule has 2 heterocycles. The van der Waals surface area contributed by atoms with E-state index in [1.165, 1.54) is 11.1 Å². The van der Waals surface area contributed by atoms with Crippen LogP contribution in [0.4, 0.5) is 0 Å². The molecule has 1 amide bonds. The number of aryl methyl sites for hydroxylation is 2. The average molecular weight is 382 g/mol. The first kappa shape index (κ1) is 18.3. The lowest BCUT2D eigenvalue weighted by Crippen LogP contribution is -2.24. The van der Waals surface area contributed by atoms with E-state index < -0.39 is 0 Å². The van der Waals surface area contributed by atoms with Crippen LogP contribution >= 0.6 is 0 Å². The van der Waals surface area contributed by atoms with Gasteiger partial charge in [-0.1, -0.05) is 12.1 Å². The zero-order valence-corrected chi connectivity index (χ0v) is 16.0. The molecule has 1 N–H and O–H groups in total. The van der Waals surface area contributed by atoms with Gasteiger partial charge in [0.05, 0.1) is 23.9 Å². The normalized spacial score (nSPS) is 10.7. The molecule has 7 nitrogen and oxygen atoms in total. The number of hydrogen-bond donors (Lipinski definition) is 1. The van der Waals surface area contributed by atoms with Crippen molar-refractivity contribution in [2.24, 2.45) is 0 Å².